The highest BCUT2D eigenvalue weighted by Gasteiger charge is 2.43. The first kappa shape index (κ1) is 25.0. The van der Waals surface area contributed by atoms with E-state index in [4.69, 9.17) is 0 Å². The Labute approximate surface area is 195 Å². The van der Waals surface area contributed by atoms with Gasteiger partial charge in [-0.1, -0.05) is 18.2 Å². The molecule has 0 saturated carbocycles. The van der Waals surface area contributed by atoms with Crippen LogP contribution in [-0.2, 0) is 27.5 Å². The normalized spacial score (nSPS) is 15.6. The average Bonchev–Trinajstić information content (AvgIpc) is 3.41. The average molecular weight is 520 g/mol. The van der Waals surface area contributed by atoms with Gasteiger partial charge >= 0.3 is 18.3 Å². The number of rotatable bonds is 5. The van der Waals surface area contributed by atoms with Gasteiger partial charge in [0.1, 0.15) is 0 Å². The van der Waals surface area contributed by atoms with Crippen LogP contribution in [0.2, 0.25) is 0 Å². The van der Waals surface area contributed by atoms with E-state index in [0.29, 0.717) is 28.2 Å². The molecule has 0 radical (unpaired) electrons. The third kappa shape index (κ3) is 5.01. The Balaban J connectivity index is 1.90. The van der Waals surface area contributed by atoms with Gasteiger partial charge in [-0.3, -0.25) is 4.90 Å². The number of hydrogen-bond donors (Lipinski definition) is 0. The van der Waals surface area contributed by atoms with E-state index in [1.54, 1.807) is 6.07 Å². The van der Waals surface area contributed by atoms with Gasteiger partial charge in [-0.15, -0.1) is 0 Å². The fraction of sp³-hybridized carbons (Fsp3) is 0.318. The Kier molecular flexibility index (Phi) is 6.34. The number of likely N-dealkylation sites (tertiary alicyclic amines) is 1. The maximum absolute atomic E-state index is 13.4. The molecule has 35 heavy (non-hydrogen) atoms. The molecule has 0 aliphatic carbocycles. The minimum atomic E-state index is -5.43. The SMILES string of the molecule is O=C(Oc1cc2c(CN3CCCC3)cccc2n1S(=O)(=O)c1cccc(C(F)(F)F)c1)C(F)(F)F. The minimum absolute atomic E-state index is 0.135. The van der Waals surface area contributed by atoms with Crippen molar-refractivity contribution in [3.63, 3.8) is 0 Å². The molecule has 4 rings (SSSR count). The molecule has 6 nitrogen and oxygen atoms in total. The van der Waals surface area contributed by atoms with Crippen molar-refractivity contribution in [3.05, 3.63) is 59.7 Å². The van der Waals surface area contributed by atoms with E-state index in [1.807, 2.05) is 0 Å². The third-order valence-electron chi connectivity index (χ3n) is 5.58. The van der Waals surface area contributed by atoms with E-state index in [-0.39, 0.29) is 10.9 Å². The number of hydrogen-bond acceptors (Lipinski definition) is 5. The van der Waals surface area contributed by atoms with Crippen LogP contribution in [0.15, 0.2) is 53.4 Å². The zero-order valence-electron chi connectivity index (χ0n) is 17.9. The smallest absolute Gasteiger partial charge is 0.402 e. The summed E-state index contributed by atoms with van der Waals surface area (Å²) < 4.78 is 110. The van der Waals surface area contributed by atoms with Crippen molar-refractivity contribution < 1.29 is 44.3 Å². The maximum atomic E-state index is 13.4. The predicted octanol–water partition coefficient (Wildman–Crippen LogP) is 4.96. The Morgan fingerprint density at radius 1 is 0.943 bits per heavy atom. The molecule has 2 heterocycles. The van der Waals surface area contributed by atoms with Gasteiger partial charge in [-0.25, -0.2) is 17.2 Å². The molecule has 13 heteroatoms. The number of fused-ring (bicyclic) bond motifs is 1. The molecule has 2 aromatic carbocycles. The monoisotopic (exact) mass is 520 g/mol. The van der Waals surface area contributed by atoms with Gasteiger partial charge in [-0.05, 0) is 55.8 Å². The van der Waals surface area contributed by atoms with Crippen molar-refractivity contribution in [1.29, 1.82) is 0 Å². The number of benzene rings is 2. The molecule has 1 aromatic heterocycles. The van der Waals surface area contributed by atoms with E-state index in [2.05, 4.69) is 9.64 Å². The quantitative estimate of drug-likeness (QED) is 0.352. The van der Waals surface area contributed by atoms with E-state index in [9.17, 15) is 39.6 Å². The van der Waals surface area contributed by atoms with Gasteiger partial charge in [0.25, 0.3) is 10.0 Å². The van der Waals surface area contributed by atoms with Gasteiger partial charge in [0.05, 0.1) is 16.0 Å². The first-order valence-electron chi connectivity index (χ1n) is 10.4. The van der Waals surface area contributed by atoms with Crippen molar-refractivity contribution in [2.75, 3.05) is 13.1 Å². The van der Waals surface area contributed by atoms with Gasteiger partial charge < -0.3 is 4.74 Å². The number of aromatic nitrogens is 1. The van der Waals surface area contributed by atoms with Crippen molar-refractivity contribution in [2.24, 2.45) is 0 Å². The summed E-state index contributed by atoms with van der Waals surface area (Å²) in [7, 11) is -4.91. The Hall–Kier alpha value is -3.06. The summed E-state index contributed by atoms with van der Waals surface area (Å²) in [4.78, 5) is 12.8. The van der Waals surface area contributed by atoms with Gasteiger partial charge in [0.15, 0.2) is 0 Å². The molecule has 0 bridgehead atoms. The number of ether oxygens (including phenoxy) is 1. The Morgan fingerprint density at radius 3 is 2.23 bits per heavy atom. The summed E-state index contributed by atoms with van der Waals surface area (Å²) >= 11 is 0. The van der Waals surface area contributed by atoms with Gasteiger partial charge in [0, 0.05) is 18.0 Å². The standard InChI is InChI=1S/C22H18F6N2O4S/c23-21(24,25)15-6-4-7-16(11-15)35(32,33)30-18-8-3-5-14(13-29-9-1-2-10-29)17(18)12-19(30)34-20(31)22(26,27)28/h3-8,11-12H,1-2,9-10,13H2. The molecule has 188 valence electrons. The second kappa shape index (κ2) is 8.86. The van der Waals surface area contributed by atoms with E-state index in [1.165, 1.54) is 12.1 Å². The lowest BCUT2D eigenvalue weighted by molar-refractivity contribution is -0.190. The van der Waals surface area contributed by atoms with Crippen LogP contribution >= 0.6 is 0 Å². The molecule has 1 saturated heterocycles. The molecule has 0 N–H and O–H groups in total. The van der Waals surface area contributed by atoms with Crippen LogP contribution in [0.4, 0.5) is 26.3 Å². The fourth-order valence-corrected chi connectivity index (χ4v) is 5.46. The second-order valence-electron chi connectivity index (χ2n) is 8.00. The van der Waals surface area contributed by atoms with E-state index < -0.39 is 44.7 Å². The first-order valence-corrected chi connectivity index (χ1v) is 11.8. The summed E-state index contributed by atoms with van der Waals surface area (Å²) in [6.07, 6.45) is -8.39. The molecule has 1 aliphatic rings. The van der Waals surface area contributed by atoms with Crippen molar-refractivity contribution in [2.45, 2.75) is 36.6 Å². The number of carbonyl (C=O) groups excluding carboxylic acids is 1. The maximum Gasteiger partial charge on any atom is 0.491 e. The molecule has 1 fully saturated rings. The van der Waals surface area contributed by atoms with E-state index >= 15 is 0 Å². The number of esters is 1. The predicted molar refractivity (Wildman–Crippen MR) is 112 cm³/mol. The van der Waals surface area contributed by atoms with Crippen LogP contribution < -0.4 is 4.74 Å². The molecule has 0 spiro atoms. The summed E-state index contributed by atoms with van der Waals surface area (Å²) in [5, 5.41) is 0.194. The Bertz CT molecular complexity index is 1370. The molecule has 0 atom stereocenters. The highest BCUT2D eigenvalue weighted by atomic mass is 32.2. The fourth-order valence-electron chi connectivity index (χ4n) is 3.97. The van der Waals surface area contributed by atoms with Crippen molar-refractivity contribution in [3.8, 4) is 5.88 Å². The minimum Gasteiger partial charge on any atom is -0.402 e. The summed E-state index contributed by atoms with van der Waals surface area (Å²) in [5.74, 6) is -3.64. The molecule has 3 aromatic rings. The van der Waals surface area contributed by atoms with Crippen LogP contribution in [0, 0.1) is 0 Å². The van der Waals surface area contributed by atoms with Crippen LogP contribution in [0.3, 0.4) is 0 Å². The van der Waals surface area contributed by atoms with Crippen LogP contribution in [-0.4, -0.2) is 42.5 Å². The molecule has 0 amide bonds. The highest BCUT2D eigenvalue weighted by Crippen LogP contribution is 2.36. The summed E-state index contributed by atoms with van der Waals surface area (Å²) in [6, 6.07) is 8.14. The molecular formula is C22H18F6N2O4S. The third-order valence-corrected chi connectivity index (χ3v) is 7.29. The number of carbonyl (C=O) groups is 1. The lowest BCUT2D eigenvalue weighted by atomic mass is 10.1. The van der Waals surface area contributed by atoms with Gasteiger partial charge in [0.2, 0.25) is 5.88 Å². The zero-order valence-corrected chi connectivity index (χ0v) is 18.7. The van der Waals surface area contributed by atoms with Crippen molar-refractivity contribution >= 4 is 26.9 Å². The van der Waals surface area contributed by atoms with Crippen molar-refractivity contribution in [1.82, 2.24) is 8.87 Å². The summed E-state index contributed by atoms with van der Waals surface area (Å²) in [5.41, 5.74) is -0.839. The number of halogens is 6. The first-order chi connectivity index (χ1) is 16.3. The lowest BCUT2D eigenvalue weighted by Crippen LogP contribution is -2.29. The largest absolute Gasteiger partial charge is 0.491 e. The number of alkyl halides is 6. The zero-order chi connectivity index (χ0) is 25.6. The van der Waals surface area contributed by atoms with E-state index in [0.717, 1.165) is 44.1 Å². The highest BCUT2D eigenvalue weighted by molar-refractivity contribution is 7.90. The molecule has 1 aliphatic heterocycles. The van der Waals surface area contributed by atoms with Crippen LogP contribution in [0.1, 0.15) is 24.0 Å². The molecule has 0 unspecified atom stereocenters. The summed E-state index contributed by atoms with van der Waals surface area (Å²) in [6.45, 7) is 1.91. The second-order valence-corrected chi connectivity index (χ2v) is 9.78. The molecular weight excluding hydrogens is 502 g/mol. The van der Waals surface area contributed by atoms with Crippen LogP contribution in [0.25, 0.3) is 10.9 Å². The Morgan fingerprint density at radius 2 is 1.60 bits per heavy atom. The number of nitrogens with zero attached hydrogens (tertiary/aromatic N) is 2. The lowest BCUT2D eigenvalue weighted by Gasteiger charge is -2.16. The van der Waals surface area contributed by atoms with Gasteiger partial charge in [-0.2, -0.15) is 26.3 Å². The van der Waals surface area contributed by atoms with Crippen LogP contribution in [0.5, 0.6) is 5.88 Å². The topological polar surface area (TPSA) is 68.6 Å².